The van der Waals surface area contributed by atoms with Crippen molar-refractivity contribution in [3.05, 3.63) is 25.0 Å². The molecule has 0 N–H and O–H groups in total. The van der Waals surface area contributed by atoms with E-state index >= 15 is 0 Å². The molecule has 0 spiro atoms. The second kappa shape index (κ2) is 4.50. The maximum Gasteiger partial charge on any atom is 0.119 e. The first-order valence-electron chi connectivity index (χ1n) is 5.09. The van der Waals surface area contributed by atoms with E-state index in [2.05, 4.69) is 27.0 Å². The minimum atomic E-state index is 0.221. The van der Waals surface area contributed by atoms with E-state index in [0.29, 0.717) is 0 Å². The normalized spacial score (nSPS) is 29.0. The van der Waals surface area contributed by atoms with E-state index < -0.39 is 0 Å². The van der Waals surface area contributed by atoms with Crippen LogP contribution in [0.1, 0.15) is 33.1 Å². The van der Waals surface area contributed by atoms with E-state index in [1.165, 1.54) is 12.0 Å². The van der Waals surface area contributed by atoms with Gasteiger partial charge in [-0.1, -0.05) is 27.0 Å². The van der Waals surface area contributed by atoms with Gasteiger partial charge in [0, 0.05) is 0 Å². The summed E-state index contributed by atoms with van der Waals surface area (Å²) < 4.78 is 5.44. The molecule has 0 bridgehead atoms. The van der Waals surface area contributed by atoms with Crippen LogP contribution in [0, 0.1) is 11.8 Å². The monoisotopic (exact) mass is 180 g/mol. The van der Waals surface area contributed by atoms with E-state index in [1.54, 1.807) is 6.26 Å². The summed E-state index contributed by atoms with van der Waals surface area (Å²) >= 11 is 0. The van der Waals surface area contributed by atoms with E-state index in [1.807, 2.05) is 0 Å². The maximum absolute atomic E-state index is 5.44. The molecule has 1 heteroatoms. The van der Waals surface area contributed by atoms with Gasteiger partial charge in [0.2, 0.25) is 0 Å². The Kier molecular flexibility index (Phi) is 3.58. The summed E-state index contributed by atoms with van der Waals surface area (Å²) in [6.07, 6.45) is 5.26. The molecule has 13 heavy (non-hydrogen) atoms. The smallest absolute Gasteiger partial charge is 0.119 e. The van der Waals surface area contributed by atoms with Crippen LogP contribution >= 0.6 is 0 Å². The van der Waals surface area contributed by atoms with Crippen LogP contribution in [0.3, 0.4) is 0 Å². The molecule has 0 aromatic rings. The summed E-state index contributed by atoms with van der Waals surface area (Å²) in [5, 5.41) is 0. The minimum absolute atomic E-state index is 0.221. The lowest BCUT2D eigenvalue weighted by Crippen LogP contribution is -2.26. The molecule has 74 valence electrons. The lowest BCUT2D eigenvalue weighted by Gasteiger charge is -2.32. The summed E-state index contributed by atoms with van der Waals surface area (Å²) in [5.41, 5.74) is 1.23. The zero-order valence-electron chi connectivity index (χ0n) is 8.75. The second-order valence-corrected chi connectivity index (χ2v) is 4.23. The van der Waals surface area contributed by atoms with Gasteiger partial charge in [-0.15, -0.1) is 0 Å². The van der Waals surface area contributed by atoms with Crippen LogP contribution in [0.2, 0.25) is 0 Å². The van der Waals surface area contributed by atoms with Gasteiger partial charge in [0.25, 0.3) is 0 Å². The summed E-state index contributed by atoms with van der Waals surface area (Å²) in [7, 11) is 0. The van der Waals surface area contributed by atoms with Gasteiger partial charge in [0.05, 0.1) is 6.26 Å². The molecular weight excluding hydrogens is 160 g/mol. The van der Waals surface area contributed by atoms with E-state index in [4.69, 9.17) is 4.74 Å². The molecule has 1 aliphatic carbocycles. The Bertz CT molecular complexity index is 193. The highest BCUT2D eigenvalue weighted by Crippen LogP contribution is 2.33. The molecule has 0 saturated heterocycles. The molecular formula is C12H20O. The standard InChI is InChI=1S/C12H20O/c1-5-13-12-8-11(9(2)3)7-6-10(12)4/h5,9,11-12H,1,4,6-8H2,2-3H3. The Morgan fingerprint density at radius 3 is 2.77 bits per heavy atom. The van der Waals surface area contributed by atoms with Gasteiger partial charge in [-0.05, 0) is 36.7 Å². The Morgan fingerprint density at radius 1 is 1.54 bits per heavy atom. The van der Waals surface area contributed by atoms with Gasteiger partial charge in [-0.2, -0.15) is 0 Å². The maximum atomic E-state index is 5.44. The Balaban J connectivity index is 2.52. The first-order valence-corrected chi connectivity index (χ1v) is 5.09. The molecule has 1 aliphatic rings. The largest absolute Gasteiger partial charge is 0.494 e. The quantitative estimate of drug-likeness (QED) is 0.477. The summed E-state index contributed by atoms with van der Waals surface area (Å²) in [4.78, 5) is 0. The highest BCUT2D eigenvalue weighted by Gasteiger charge is 2.26. The third kappa shape index (κ3) is 2.61. The van der Waals surface area contributed by atoms with Crippen LogP contribution in [-0.4, -0.2) is 6.10 Å². The third-order valence-electron chi connectivity index (χ3n) is 3.01. The van der Waals surface area contributed by atoms with Crippen molar-refractivity contribution in [2.24, 2.45) is 11.8 Å². The van der Waals surface area contributed by atoms with Gasteiger partial charge in [0.15, 0.2) is 0 Å². The average molecular weight is 180 g/mol. The van der Waals surface area contributed by atoms with Crippen LogP contribution in [0.5, 0.6) is 0 Å². The molecule has 1 rings (SSSR count). The molecule has 0 amide bonds. The first kappa shape index (κ1) is 10.4. The van der Waals surface area contributed by atoms with E-state index in [0.717, 1.165) is 24.7 Å². The number of hydrogen-bond acceptors (Lipinski definition) is 1. The lowest BCUT2D eigenvalue weighted by atomic mass is 9.78. The van der Waals surface area contributed by atoms with Crippen molar-refractivity contribution in [2.75, 3.05) is 0 Å². The Hall–Kier alpha value is -0.720. The topological polar surface area (TPSA) is 9.23 Å². The molecule has 0 aromatic heterocycles. The van der Waals surface area contributed by atoms with Crippen molar-refractivity contribution in [1.82, 2.24) is 0 Å². The summed E-state index contributed by atoms with van der Waals surface area (Å²) in [6, 6.07) is 0. The van der Waals surface area contributed by atoms with Crippen molar-refractivity contribution in [3.63, 3.8) is 0 Å². The van der Waals surface area contributed by atoms with Crippen molar-refractivity contribution < 1.29 is 4.74 Å². The molecule has 0 aromatic carbocycles. The van der Waals surface area contributed by atoms with Gasteiger partial charge >= 0.3 is 0 Å². The SMILES string of the molecule is C=COC1CC(C(C)C)CCC1=C. The third-order valence-corrected chi connectivity index (χ3v) is 3.01. The summed E-state index contributed by atoms with van der Waals surface area (Å²) in [5.74, 6) is 1.54. The molecule has 0 aliphatic heterocycles. The second-order valence-electron chi connectivity index (χ2n) is 4.23. The molecule has 1 fully saturated rings. The van der Waals surface area contributed by atoms with Crippen LogP contribution in [0.25, 0.3) is 0 Å². The number of ether oxygens (including phenoxy) is 1. The van der Waals surface area contributed by atoms with Crippen LogP contribution in [-0.2, 0) is 4.74 Å². The molecule has 0 radical (unpaired) electrons. The van der Waals surface area contributed by atoms with Gasteiger partial charge in [0.1, 0.15) is 6.10 Å². The molecule has 2 atom stereocenters. The fourth-order valence-electron chi connectivity index (χ4n) is 1.96. The number of hydrogen-bond donors (Lipinski definition) is 0. The molecule has 1 nitrogen and oxygen atoms in total. The minimum Gasteiger partial charge on any atom is -0.494 e. The van der Waals surface area contributed by atoms with Crippen LogP contribution in [0.15, 0.2) is 25.0 Å². The highest BCUT2D eigenvalue weighted by molar-refractivity contribution is 5.07. The van der Waals surface area contributed by atoms with E-state index in [9.17, 15) is 0 Å². The van der Waals surface area contributed by atoms with E-state index in [-0.39, 0.29) is 6.10 Å². The molecule has 1 saturated carbocycles. The average Bonchev–Trinajstić information content (AvgIpc) is 2.08. The number of rotatable bonds is 3. The molecule has 0 heterocycles. The fraction of sp³-hybridized carbons (Fsp3) is 0.667. The predicted octanol–water partition coefficient (Wildman–Crippen LogP) is 3.53. The van der Waals surface area contributed by atoms with Crippen LogP contribution < -0.4 is 0 Å². The van der Waals surface area contributed by atoms with Crippen LogP contribution in [0.4, 0.5) is 0 Å². The lowest BCUT2D eigenvalue weighted by molar-refractivity contribution is 0.110. The van der Waals surface area contributed by atoms with Crippen molar-refractivity contribution in [3.8, 4) is 0 Å². The first-order chi connectivity index (χ1) is 6.15. The van der Waals surface area contributed by atoms with Crippen molar-refractivity contribution in [1.29, 1.82) is 0 Å². The Morgan fingerprint density at radius 2 is 2.23 bits per heavy atom. The van der Waals surface area contributed by atoms with Crippen molar-refractivity contribution in [2.45, 2.75) is 39.2 Å². The molecule has 2 unspecified atom stereocenters. The van der Waals surface area contributed by atoms with Gasteiger partial charge in [-0.3, -0.25) is 0 Å². The van der Waals surface area contributed by atoms with Crippen molar-refractivity contribution >= 4 is 0 Å². The fourth-order valence-corrected chi connectivity index (χ4v) is 1.96. The van der Waals surface area contributed by atoms with Gasteiger partial charge in [-0.25, -0.2) is 0 Å². The van der Waals surface area contributed by atoms with Gasteiger partial charge < -0.3 is 4.74 Å². The summed E-state index contributed by atoms with van der Waals surface area (Å²) in [6.45, 7) is 12.2. The predicted molar refractivity (Wildman–Crippen MR) is 56.4 cm³/mol. The zero-order chi connectivity index (χ0) is 9.84. The Labute approximate surface area is 81.5 Å². The zero-order valence-corrected chi connectivity index (χ0v) is 8.75. The highest BCUT2D eigenvalue weighted by atomic mass is 16.5.